The fourth-order valence-corrected chi connectivity index (χ4v) is 3.18. The maximum atomic E-state index is 5.45. The third kappa shape index (κ3) is 2.52. The zero-order valence-electron chi connectivity index (χ0n) is 9.93. The average Bonchev–Trinajstić information content (AvgIpc) is 2.32. The molecular weight excluding hydrogens is 188 g/mol. The van der Waals surface area contributed by atoms with Gasteiger partial charge in [0, 0.05) is 25.2 Å². The minimum absolute atomic E-state index is 0.441. The molecule has 2 aliphatic rings. The van der Waals surface area contributed by atoms with Gasteiger partial charge in [-0.3, -0.25) is 4.90 Å². The van der Waals surface area contributed by atoms with Crippen molar-refractivity contribution in [1.82, 2.24) is 10.2 Å². The van der Waals surface area contributed by atoms with Gasteiger partial charge >= 0.3 is 0 Å². The van der Waals surface area contributed by atoms with E-state index in [4.69, 9.17) is 4.74 Å². The molecule has 1 aliphatic carbocycles. The largest absolute Gasteiger partial charge is 0.379 e. The molecule has 88 valence electrons. The van der Waals surface area contributed by atoms with Crippen LogP contribution in [0.4, 0.5) is 0 Å². The lowest BCUT2D eigenvalue weighted by atomic mass is 9.80. The summed E-state index contributed by atoms with van der Waals surface area (Å²) in [5, 5.41) is 3.39. The molecule has 0 amide bonds. The Kier molecular flexibility index (Phi) is 4.00. The molecular formula is C12H24N2O. The molecule has 0 spiro atoms. The summed E-state index contributed by atoms with van der Waals surface area (Å²) in [4.78, 5) is 2.67. The molecule has 0 atom stereocenters. The van der Waals surface area contributed by atoms with Gasteiger partial charge in [0.25, 0.3) is 0 Å². The Labute approximate surface area is 93.2 Å². The van der Waals surface area contributed by atoms with Crippen molar-refractivity contribution in [2.75, 3.05) is 39.9 Å². The summed E-state index contributed by atoms with van der Waals surface area (Å²) >= 11 is 0. The van der Waals surface area contributed by atoms with Crippen LogP contribution in [0.1, 0.15) is 32.1 Å². The third-order valence-electron chi connectivity index (χ3n) is 3.97. The van der Waals surface area contributed by atoms with Crippen molar-refractivity contribution in [1.29, 1.82) is 0 Å². The van der Waals surface area contributed by atoms with Crippen molar-refractivity contribution in [3.05, 3.63) is 0 Å². The van der Waals surface area contributed by atoms with Crippen molar-refractivity contribution in [3.8, 4) is 0 Å². The van der Waals surface area contributed by atoms with Gasteiger partial charge in [0.2, 0.25) is 0 Å². The van der Waals surface area contributed by atoms with E-state index in [0.717, 1.165) is 32.8 Å². The van der Waals surface area contributed by atoms with Gasteiger partial charge in [0.1, 0.15) is 0 Å². The Morgan fingerprint density at radius 2 is 1.80 bits per heavy atom. The normalized spacial score (nSPS) is 27.8. The smallest absolute Gasteiger partial charge is 0.0594 e. The predicted octanol–water partition coefficient (Wildman–Crippen LogP) is 1.24. The Bertz CT molecular complexity index is 179. The molecule has 0 aromatic carbocycles. The molecule has 2 rings (SSSR count). The standard InChI is InChI=1S/C12H24N2O/c1-13-11-12(5-3-2-4-6-12)14-7-9-15-10-8-14/h13H,2-11H2,1H3. The number of nitrogens with zero attached hydrogens (tertiary/aromatic N) is 1. The SMILES string of the molecule is CNCC1(N2CCOCC2)CCCCC1. The molecule has 2 fully saturated rings. The van der Waals surface area contributed by atoms with E-state index in [1.807, 2.05) is 0 Å². The highest BCUT2D eigenvalue weighted by Gasteiger charge is 2.37. The monoisotopic (exact) mass is 212 g/mol. The lowest BCUT2D eigenvalue weighted by molar-refractivity contribution is -0.0361. The molecule has 0 radical (unpaired) electrons. The molecule has 1 saturated heterocycles. The van der Waals surface area contributed by atoms with E-state index < -0.39 is 0 Å². The molecule has 0 unspecified atom stereocenters. The second-order valence-electron chi connectivity index (χ2n) is 4.91. The topological polar surface area (TPSA) is 24.5 Å². The quantitative estimate of drug-likeness (QED) is 0.762. The van der Waals surface area contributed by atoms with Crippen LogP contribution in [0.15, 0.2) is 0 Å². The van der Waals surface area contributed by atoms with Gasteiger partial charge in [-0.05, 0) is 19.9 Å². The molecule has 1 saturated carbocycles. The summed E-state index contributed by atoms with van der Waals surface area (Å²) in [7, 11) is 2.08. The van der Waals surface area contributed by atoms with Gasteiger partial charge in [-0.15, -0.1) is 0 Å². The Morgan fingerprint density at radius 1 is 1.13 bits per heavy atom. The van der Waals surface area contributed by atoms with Crippen LogP contribution in [0.25, 0.3) is 0 Å². The van der Waals surface area contributed by atoms with Crippen LogP contribution in [-0.4, -0.2) is 50.3 Å². The van der Waals surface area contributed by atoms with Crippen molar-refractivity contribution in [3.63, 3.8) is 0 Å². The maximum Gasteiger partial charge on any atom is 0.0594 e. The summed E-state index contributed by atoms with van der Waals surface area (Å²) in [5.41, 5.74) is 0.441. The van der Waals surface area contributed by atoms with Crippen molar-refractivity contribution < 1.29 is 4.74 Å². The number of ether oxygens (including phenoxy) is 1. The van der Waals surface area contributed by atoms with Crippen LogP contribution in [0.2, 0.25) is 0 Å². The van der Waals surface area contributed by atoms with Crippen molar-refractivity contribution in [2.45, 2.75) is 37.6 Å². The number of morpholine rings is 1. The minimum Gasteiger partial charge on any atom is -0.379 e. The van der Waals surface area contributed by atoms with Crippen molar-refractivity contribution in [2.24, 2.45) is 0 Å². The number of likely N-dealkylation sites (N-methyl/N-ethyl adjacent to an activating group) is 1. The van der Waals surface area contributed by atoms with E-state index in [-0.39, 0.29) is 0 Å². The van der Waals surface area contributed by atoms with Crippen LogP contribution >= 0.6 is 0 Å². The van der Waals surface area contributed by atoms with Gasteiger partial charge in [0.05, 0.1) is 13.2 Å². The molecule has 1 heterocycles. The second kappa shape index (κ2) is 5.28. The van der Waals surface area contributed by atoms with E-state index in [9.17, 15) is 0 Å². The number of hydrogen-bond acceptors (Lipinski definition) is 3. The molecule has 0 aromatic rings. The molecule has 3 heteroatoms. The van der Waals surface area contributed by atoms with E-state index in [0.29, 0.717) is 5.54 Å². The predicted molar refractivity (Wildman–Crippen MR) is 62.1 cm³/mol. The first-order valence-electron chi connectivity index (χ1n) is 6.35. The van der Waals surface area contributed by atoms with Gasteiger partial charge < -0.3 is 10.1 Å². The average molecular weight is 212 g/mol. The lowest BCUT2D eigenvalue weighted by Gasteiger charge is -2.48. The summed E-state index contributed by atoms with van der Waals surface area (Å²) in [5.74, 6) is 0. The Morgan fingerprint density at radius 3 is 2.40 bits per heavy atom. The van der Waals surface area contributed by atoms with E-state index >= 15 is 0 Å². The first kappa shape index (κ1) is 11.4. The molecule has 15 heavy (non-hydrogen) atoms. The van der Waals surface area contributed by atoms with E-state index in [2.05, 4.69) is 17.3 Å². The van der Waals surface area contributed by atoms with Crippen LogP contribution in [0.5, 0.6) is 0 Å². The zero-order chi connectivity index (χ0) is 10.6. The number of hydrogen-bond donors (Lipinski definition) is 1. The summed E-state index contributed by atoms with van der Waals surface area (Å²) in [6.45, 7) is 5.24. The Balaban J connectivity index is 2.01. The van der Waals surface area contributed by atoms with Crippen LogP contribution < -0.4 is 5.32 Å². The second-order valence-corrected chi connectivity index (χ2v) is 4.91. The lowest BCUT2D eigenvalue weighted by Crippen LogP contribution is -2.58. The first-order valence-corrected chi connectivity index (χ1v) is 6.35. The Hall–Kier alpha value is -0.120. The molecule has 3 nitrogen and oxygen atoms in total. The molecule has 0 bridgehead atoms. The molecule has 1 N–H and O–H groups in total. The maximum absolute atomic E-state index is 5.45. The summed E-state index contributed by atoms with van der Waals surface area (Å²) < 4.78 is 5.45. The highest BCUT2D eigenvalue weighted by Crippen LogP contribution is 2.33. The number of nitrogens with one attached hydrogen (secondary N) is 1. The van der Waals surface area contributed by atoms with Crippen LogP contribution in [0.3, 0.4) is 0 Å². The van der Waals surface area contributed by atoms with Gasteiger partial charge in [-0.25, -0.2) is 0 Å². The van der Waals surface area contributed by atoms with E-state index in [1.54, 1.807) is 0 Å². The summed E-state index contributed by atoms with van der Waals surface area (Å²) in [6.07, 6.45) is 6.97. The van der Waals surface area contributed by atoms with Crippen LogP contribution in [0, 0.1) is 0 Å². The fraction of sp³-hybridized carbons (Fsp3) is 1.00. The fourth-order valence-electron chi connectivity index (χ4n) is 3.18. The van der Waals surface area contributed by atoms with Gasteiger partial charge in [0.15, 0.2) is 0 Å². The molecule has 0 aromatic heterocycles. The van der Waals surface area contributed by atoms with Gasteiger partial charge in [-0.1, -0.05) is 19.3 Å². The minimum atomic E-state index is 0.441. The van der Waals surface area contributed by atoms with Crippen molar-refractivity contribution >= 4 is 0 Å². The van der Waals surface area contributed by atoms with Crippen LogP contribution in [-0.2, 0) is 4.74 Å². The first-order chi connectivity index (χ1) is 7.37. The van der Waals surface area contributed by atoms with Gasteiger partial charge in [-0.2, -0.15) is 0 Å². The number of rotatable bonds is 3. The van der Waals surface area contributed by atoms with E-state index in [1.165, 1.54) is 32.1 Å². The zero-order valence-corrected chi connectivity index (χ0v) is 9.93. The third-order valence-corrected chi connectivity index (χ3v) is 3.97. The highest BCUT2D eigenvalue weighted by molar-refractivity contribution is 4.95. The highest BCUT2D eigenvalue weighted by atomic mass is 16.5. The molecule has 1 aliphatic heterocycles. The summed E-state index contributed by atoms with van der Waals surface area (Å²) in [6, 6.07) is 0.